The first-order chi connectivity index (χ1) is 10.7. The van der Waals surface area contributed by atoms with Gasteiger partial charge in [-0.25, -0.2) is 0 Å². The number of carbonyl (C=O) groups excluding carboxylic acids is 1. The topological polar surface area (TPSA) is 58.1 Å². The highest BCUT2D eigenvalue weighted by atomic mass is 35.5. The minimum absolute atomic E-state index is 0.0392. The highest BCUT2D eigenvalue weighted by Gasteiger charge is 2.20. The molecule has 6 heteroatoms. The fraction of sp³-hybridized carbons (Fsp3) is 0.312. The summed E-state index contributed by atoms with van der Waals surface area (Å²) >= 11 is 6.10. The Bertz CT molecular complexity index is 653. The molecule has 1 aliphatic heterocycles. The number of anilines is 1. The molecule has 1 N–H and O–H groups in total. The van der Waals surface area contributed by atoms with Crippen LogP contribution in [0.3, 0.4) is 0 Å². The Hall–Kier alpha value is -2.14. The Morgan fingerprint density at radius 2 is 1.91 bits per heavy atom. The molecular formula is C16H17ClN4O. The average molecular weight is 317 g/mol. The lowest BCUT2D eigenvalue weighted by molar-refractivity contribution is 0.0786. The first-order valence-corrected chi connectivity index (χ1v) is 7.72. The summed E-state index contributed by atoms with van der Waals surface area (Å²) < 4.78 is 0. The van der Waals surface area contributed by atoms with E-state index in [9.17, 15) is 4.79 Å². The molecule has 0 unspecified atom stereocenters. The molecule has 3 rings (SSSR count). The van der Waals surface area contributed by atoms with Gasteiger partial charge in [-0.3, -0.25) is 4.79 Å². The second-order valence-electron chi connectivity index (χ2n) is 5.25. The van der Waals surface area contributed by atoms with Gasteiger partial charge in [0.2, 0.25) is 0 Å². The maximum absolute atomic E-state index is 12.2. The maximum atomic E-state index is 12.2. The van der Waals surface area contributed by atoms with Crippen molar-refractivity contribution in [3.8, 4) is 0 Å². The van der Waals surface area contributed by atoms with E-state index < -0.39 is 0 Å². The minimum Gasteiger partial charge on any atom is -0.364 e. The van der Waals surface area contributed by atoms with Gasteiger partial charge in [-0.05, 0) is 36.6 Å². The van der Waals surface area contributed by atoms with Crippen LogP contribution in [-0.4, -0.2) is 34.1 Å². The van der Waals surface area contributed by atoms with Crippen LogP contribution >= 0.6 is 11.6 Å². The Labute approximate surface area is 134 Å². The molecule has 0 saturated carbocycles. The van der Waals surface area contributed by atoms with Crippen LogP contribution in [0, 0.1) is 0 Å². The fourth-order valence-corrected chi connectivity index (χ4v) is 2.65. The molecule has 114 valence electrons. The zero-order valence-electron chi connectivity index (χ0n) is 12.1. The van der Waals surface area contributed by atoms with E-state index >= 15 is 0 Å². The van der Waals surface area contributed by atoms with Crippen LogP contribution < -0.4 is 5.32 Å². The average Bonchev–Trinajstić information content (AvgIpc) is 3.08. The zero-order valence-corrected chi connectivity index (χ0v) is 12.9. The molecule has 0 atom stereocenters. The first kappa shape index (κ1) is 14.8. The van der Waals surface area contributed by atoms with Crippen LogP contribution in [0.4, 0.5) is 5.82 Å². The molecule has 1 saturated heterocycles. The van der Waals surface area contributed by atoms with Crippen molar-refractivity contribution in [2.24, 2.45) is 0 Å². The molecule has 1 aromatic carbocycles. The quantitative estimate of drug-likeness (QED) is 0.942. The lowest BCUT2D eigenvalue weighted by Crippen LogP contribution is -2.28. The van der Waals surface area contributed by atoms with Crippen molar-refractivity contribution in [3.05, 3.63) is 52.7 Å². The molecular weight excluding hydrogens is 300 g/mol. The van der Waals surface area contributed by atoms with E-state index in [1.54, 1.807) is 12.1 Å². The van der Waals surface area contributed by atoms with Crippen molar-refractivity contribution in [1.29, 1.82) is 0 Å². The number of carbonyl (C=O) groups is 1. The number of rotatable bonds is 4. The van der Waals surface area contributed by atoms with Gasteiger partial charge in [-0.2, -0.15) is 0 Å². The predicted octanol–water partition coefficient (Wildman–Crippen LogP) is 2.98. The van der Waals surface area contributed by atoms with E-state index in [0.717, 1.165) is 31.5 Å². The summed E-state index contributed by atoms with van der Waals surface area (Å²) in [5.74, 6) is 0.584. The van der Waals surface area contributed by atoms with Gasteiger partial charge >= 0.3 is 0 Å². The highest BCUT2D eigenvalue weighted by Crippen LogP contribution is 2.16. The third-order valence-corrected chi connectivity index (χ3v) is 4.06. The lowest BCUT2D eigenvalue weighted by atomic mass is 10.2. The minimum atomic E-state index is -0.0392. The molecule has 0 radical (unpaired) electrons. The zero-order chi connectivity index (χ0) is 15.4. The van der Waals surface area contributed by atoms with E-state index in [4.69, 9.17) is 11.6 Å². The van der Waals surface area contributed by atoms with Crippen molar-refractivity contribution >= 4 is 23.3 Å². The summed E-state index contributed by atoms with van der Waals surface area (Å²) in [6.07, 6.45) is 2.13. The van der Waals surface area contributed by atoms with Crippen molar-refractivity contribution in [3.63, 3.8) is 0 Å². The fourth-order valence-electron chi connectivity index (χ4n) is 2.45. The van der Waals surface area contributed by atoms with Crippen LogP contribution in [0.1, 0.15) is 28.9 Å². The van der Waals surface area contributed by atoms with Gasteiger partial charge in [0.1, 0.15) is 5.82 Å². The van der Waals surface area contributed by atoms with Gasteiger partial charge < -0.3 is 10.2 Å². The van der Waals surface area contributed by atoms with E-state index in [-0.39, 0.29) is 5.91 Å². The van der Waals surface area contributed by atoms with Crippen LogP contribution in [0.25, 0.3) is 0 Å². The summed E-state index contributed by atoms with van der Waals surface area (Å²) in [7, 11) is 0. The monoisotopic (exact) mass is 316 g/mol. The summed E-state index contributed by atoms with van der Waals surface area (Å²) in [6.45, 7) is 2.19. The number of hydrogen-bond acceptors (Lipinski definition) is 4. The second-order valence-corrected chi connectivity index (χ2v) is 5.66. The Kier molecular flexibility index (Phi) is 4.53. The number of aromatic nitrogens is 2. The summed E-state index contributed by atoms with van der Waals surface area (Å²) in [5, 5.41) is 12.0. The molecule has 5 nitrogen and oxygen atoms in total. The van der Waals surface area contributed by atoms with E-state index in [2.05, 4.69) is 15.5 Å². The molecule has 1 aliphatic rings. The van der Waals surface area contributed by atoms with Crippen LogP contribution in [0.15, 0.2) is 36.4 Å². The number of nitrogens with zero attached hydrogens (tertiary/aromatic N) is 3. The number of likely N-dealkylation sites (tertiary alicyclic amines) is 1. The van der Waals surface area contributed by atoms with Gasteiger partial charge in [0, 0.05) is 24.7 Å². The van der Waals surface area contributed by atoms with E-state index in [0.29, 0.717) is 23.1 Å². The number of hydrogen-bond donors (Lipinski definition) is 1. The summed E-state index contributed by atoms with van der Waals surface area (Å²) in [6, 6.07) is 11.1. The van der Waals surface area contributed by atoms with Crippen LogP contribution in [0.2, 0.25) is 5.02 Å². The molecule has 1 fully saturated rings. The number of halogens is 1. The third kappa shape index (κ3) is 3.36. The molecule has 2 heterocycles. The smallest absolute Gasteiger partial charge is 0.274 e. The Balaban J connectivity index is 1.62. The van der Waals surface area contributed by atoms with Crippen LogP contribution in [0.5, 0.6) is 0 Å². The van der Waals surface area contributed by atoms with E-state index in [1.807, 2.05) is 29.2 Å². The van der Waals surface area contributed by atoms with Crippen molar-refractivity contribution < 1.29 is 4.79 Å². The molecule has 22 heavy (non-hydrogen) atoms. The molecule has 0 spiro atoms. The molecule has 1 amide bonds. The second kappa shape index (κ2) is 6.75. The predicted molar refractivity (Wildman–Crippen MR) is 85.9 cm³/mol. The first-order valence-electron chi connectivity index (χ1n) is 7.34. The van der Waals surface area contributed by atoms with Gasteiger partial charge in [0.05, 0.1) is 0 Å². The standard InChI is InChI=1S/C16H17ClN4O/c17-13-6-2-1-5-12(13)11-18-15-8-7-14(19-20-15)16(22)21-9-3-4-10-21/h1-2,5-8H,3-4,9-11H2,(H,18,20). The van der Waals surface area contributed by atoms with Gasteiger partial charge in [-0.1, -0.05) is 29.8 Å². The third-order valence-electron chi connectivity index (χ3n) is 3.69. The SMILES string of the molecule is O=C(c1ccc(NCc2ccccc2Cl)nn1)N1CCCC1. The van der Waals surface area contributed by atoms with Gasteiger partial charge in [0.25, 0.3) is 5.91 Å². The summed E-state index contributed by atoms with van der Waals surface area (Å²) in [4.78, 5) is 14.0. The Morgan fingerprint density at radius 1 is 1.14 bits per heavy atom. The normalized spacial score (nSPS) is 14.1. The van der Waals surface area contributed by atoms with Gasteiger partial charge in [0.15, 0.2) is 5.69 Å². The Morgan fingerprint density at radius 3 is 2.59 bits per heavy atom. The van der Waals surface area contributed by atoms with Crippen molar-refractivity contribution in [2.75, 3.05) is 18.4 Å². The van der Waals surface area contributed by atoms with Crippen molar-refractivity contribution in [1.82, 2.24) is 15.1 Å². The number of nitrogens with one attached hydrogen (secondary N) is 1. The number of benzene rings is 1. The molecule has 0 aliphatic carbocycles. The molecule has 1 aromatic heterocycles. The summed E-state index contributed by atoms with van der Waals surface area (Å²) in [5.41, 5.74) is 1.38. The van der Waals surface area contributed by atoms with Crippen molar-refractivity contribution in [2.45, 2.75) is 19.4 Å². The van der Waals surface area contributed by atoms with Gasteiger partial charge in [-0.15, -0.1) is 10.2 Å². The van der Waals surface area contributed by atoms with E-state index in [1.165, 1.54) is 0 Å². The molecule has 0 bridgehead atoms. The highest BCUT2D eigenvalue weighted by molar-refractivity contribution is 6.31. The molecule has 2 aromatic rings. The maximum Gasteiger partial charge on any atom is 0.274 e. The number of amides is 1. The lowest BCUT2D eigenvalue weighted by Gasteiger charge is -2.14. The largest absolute Gasteiger partial charge is 0.364 e. The van der Waals surface area contributed by atoms with Crippen LogP contribution in [-0.2, 0) is 6.54 Å².